The maximum absolute atomic E-state index is 12.9. The Kier molecular flexibility index (Phi) is 4.54. The summed E-state index contributed by atoms with van der Waals surface area (Å²) < 4.78 is 0. The van der Waals surface area contributed by atoms with E-state index in [9.17, 15) is 10.1 Å². The topological polar surface area (TPSA) is 69.9 Å². The summed E-state index contributed by atoms with van der Waals surface area (Å²) >= 11 is 1.33. The van der Waals surface area contributed by atoms with Crippen molar-refractivity contribution in [2.45, 2.75) is 37.5 Å². The van der Waals surface area contributed by atoms with Gasteiger partial charge in [0.15, 0.2) is 0 Å². The van der Waals surface area contributed by atoms with Crippen LogP contribution in [0.4, 0.5) is 5.69 Å². The molecule has 1 atom stereocenters. The number of thioether (sulfide) groups is 1. The third-order valence-electron chi connectivity index (χ3n) is 4.07. The van der Waals surface area contributed by atoms with Gasteiger partial charge in [-0.25, -0.2) is 9.97 Å². The first-order valence-electron chi connectivity index (χ1n) is 7.82. The minimum Gasteiger partial charge on any atom is -0.311 e. The Morgan fingerprint density at radius 2 is 2.08 bits per heavy atom. The van der Waals surface area contributed by atoms with Gasteiger partial charge in [0.05, 0.1) is 10.9 Å². The highest BCUT2D eigenvalue weighted by Gasteiger charge is 2.29. The van der Waals surface area contributed by atoms with Gasteiger partial charge in [-0.15, -0.1) is 0 Å². The van der Waals surface area contributed by atoms with Crippen molar-refractivity contribution in [2.75, 3.05) is 11.4 Å². The minimum atomic E-state index is -0.322. The molecule has 1 aliphatic heterocycles. The molecule has 0 saturated heterocycles. The zero-order chi connectivity index (χ0) is 17.3. The molecule has 1 amide bonds. The molecule has 0 N–H and O–H groups in total. The van der Waals surface area contributed by atoms with E-state index < -0.39 is 0 Å². The molecule has 5 nitrogen and oxygen atoms in total. The van der Waals surface area contributed by atoms with Gasteiger partial charge in [0, 0.05) is 12.2 Å². The number of rotatable bonds is 3. The van der Waals surface area contributed by atoms with Gasteiger partial charge in [0.1, 0.15) is 22.5 Å². The van der Waals surface area contributed by atoms with Gasteiger partial charge in [-0.1, -0.05) is 30.0 Å². The van der Waals surface area contributed by atoms with Crippen LogP contribution in [0.15, 0.2) is 29.3 Å². The lowest BCUT2D eigenvalue weighted by Crippen LogP contribution is -2.35. The standard InChI is InChI=1S/C18H18N4OS/c1-11-15(10-19)17(21-13(3)20-11)24-12(2)18(23)22-9-8-14-6-4-5-7-16(14)22/h4-7,12H,8-9H2,1-3H3. The molecule has 2 heterocycles. The Morgan fingerprint density at radius 3 is 2.83 bits per heavy atom. The van der Waals surface area contributed by atoms with Crippen LogP contribution in [0.3, 0.4) is 0 Å². The van der Waals surface area contributed by atoms with E-state index in [0.29, 0.717) is 28.7 Å². The number of fused-ring (bicyclic) bond motifs is 1. The van der Waals surface area contributed by atoms with Gasteiger partial charge >= 0.3 is 0 Å². The average Bonchev–Trinajstić information content (AvgIpc) is 2.97. The third-order valence-corrected chi connectivity index (χ3v) is 5.14. The lowest BCUT2D eigenvalue weighted by atomic mass is 10.2. The fraction of sp³-hybridized carbons (Fsp3) is 0.333. The molecule has 0 radical (unpaired) electrons. The highest BCUT2D eigenvalue weighted by Crippen LogP contribution is 2.32. The van der Waals surface area contributed by atoms with E-state index in [0.717, 1.165) is 12.1 Å². The average molecular weight is 338 g/mol. The maximum atomic E-state index is 12.9. The lowest BCUT2D eigenvalue weighted by Gasteiger charge is -2.21. The predicted molar refractivity (Wildman–Crippen MR) is 94.0 cm³/mol. The number of nitriles is 1. The molecule has 3 rings (SSSR count). The number of nitrogens with zero attached hydrogens (tertiary/aromatic N) is 4. The molecular weight excluding hydrogens is 320 g/mol. The largest absolute Gasteiger partial charge is 0.311 e. The Labute approximate surface area is 145 Å². The Balaban J connectivity index is 1.83. The van der Waals surface area contributed by atoms with Crippen LogP contribution in [0, 0.1) is 25.2 Å². The molecule has 122 valence electrons. The van der Waals surface area contributed by atoms with E-state index in [1.165, 1.54) is 17.3 Å². The van der Waals surface area contributed by atoms with Crippen molar-refractivity contribution in [1.82, 2.24) is 9.97 Å². The zero-order valence-electron chi connectivity index (χ0n) is 13.9. The van der Waals surface area contributed by atoms with Gasteiger partial charge in [0.2, 0.25) is 5.91 Å². The van der Waals surface area contributed by atoms with Crippen LogP contribution in [0.2, 0.25) is 0 Å². The molecule has 6 heteroatoms. The van der Waals surface area contributed by atoms with Crippen LogP contribution in [0.25, 0.3) is 0 Å². The van der Waals surface area contributed by atoms with Gasteiger partial charge < -0.3 is 4.90 Å². The molecule has 2 aromatic rings. The first-order valence-corrected chi connectivity index (χ1v) is 8.70. The number of aromatic nitrogens is 2. The van der Waals surface area contributed by atoms with Crippen molar-refractivity contribution in [3.8, 4) is 6.07 Å². The molecular formula is C18H18N4OS. The van der Waals surface area contributed by atoms with Crippen molar-refractivity contribution in [3.63, 3.8) is 0 Å². The minimum absolute atomic E-state index is 0.0442. The fourth-order valence-electron chi connectivity index (χ4n) is 2.90. The van der Waals surface area contributed by atoms with E-state index >= 15 is 0 Å². The van der Waals surface area contributed by atoms with Crippen molar-refractivity contribution in [1.29, 1.82) is 5.26 Å². The number of carbonyl (C=O) groups is 1. The van der Waals surface area contributed by atoms with E-state index in [1.54, 1.807) is 13.8 Å². The van der Waals surface area contributed by atoms with Crippen LogP contribution in [-0.4, -0.2) is 27.7 Å². The highest BCUT2D eigenvalue weighted by molar-refractivity contribution is 8.00. The summed E-state index contributed by atoms with van der Waals surface area (Å²) in [5, 5.41) is 9.60. The quantitative estimate of drug-likeness (QED) is 0.635. The number of aryl methyl sites for hydroxylation is 2. The summed E-state index contributed by atoms with van der Waals surface area (Å²) in [5.41, 5.74) is 3.30. The first kappa shape index (κ1) is 16.5. The van der Waals surface area contributed by atoms with Crippen molar-refractivity contribution < 1.29 is 4.79 Å². The summed E-state index contributed by atoms with van der Waals surface area (Å²) in [6, 6.07) is 10.1. The Morgan fingerprint density at radius 1 is 1.33 bits per heavy atom. The molecule has 1 aromatic heterocycles. The summed E-state index contributed by atoms with van der Waals surface area (Å²) in [6.07, 6.45) is 0.883. The van der Waals surface area contributed by atoms with Crippen molar-refractivity contribution in [2.24, 2.45) is 0 Å². The van der Waals surface area contributed by atoms with E-state index in [2.05, 4.69) is 22.1 Å². The summed E-state index contributed by atoms with van der Waals surface area (Å²) in [6.45, 7) is 6.15. The van der Waals surface area contributed by atoms with Gasteiger partial charge in [-0.2, -0.15) is 5.26 Å². The molecule has 1 aliphatic rings. The summed E-state index contributed by atoms with van der Waals surface area (Å²) in [5.74, 6) is 0.655. The normalized spacial score (nSPS) is 14.2. The second-order valence-electron chi connectivity index (χ2n) is 5.78. The van der Waals surface area contributed by atoms with Crippen molar-refractivity contribution >= 4 is 23.4 Å². The number of amides is 1. The molecule has 24 heavy (non-hydrogen) atoms. The predicted octanol–water partition coefficient (Wildman–Crippen LogP) is 3.04. The fourth-order valence-corrected chi connectivity index (χ4v) is 3.96. The van der Waals surface area contributed by atoms with Crippen LogP contribution in [0.1, 0.15) is 29.6 Å². The third kappa shape index (κ3) is 3.00. The maximum Gasteiger partial charge on any atom is 0.240 e. The van der Waals surface area contributed by atoms with Crippen LogP contribution in [-0.2, 0) is 11.2 Å². The number of anilines is 1. The summed E-state index contributed by atoms with van der Waals surface area (Å²) in [7, 11) is 0. The number of para-hydroxylation sites is 1. The van der Waals surface area contributed by atoms with Gasteiger partial charge in [-0.05, 0) is 38.8 Å². The molecule has 0 bridgehead atoms. The van der Waals surface area contributed by atoms with Gasteiger partial charge in [-0.3, -0.25) is 4.79 Å². The molecule has 0 saturated carbocycles. The van der Waals surface area contributed by atoms with E-state index in [-0.39, 0.29) is 11.2 Å². The SMILES string of the molecule is Cc1nc(C)c(C#N)c(SC(C)C(=O)N2CCc3ccccc32)n1. The second kappa shape index (κ2) is 6.62. The van der Waals surface area contributed by atoms with Gasteiger partial charge in [0.25, 0.3) is 0 Å². The Hall–Kier alpha value is -2.39. The van der Waals surface area contributed by atoms with E-state index in [1.807, 2.05) is 30.0 Å². The number of benzene rings is 1. The second-order valence-corrected chi connectivity index (χ2v) is 7.11. The molecule has 0 aliphatic carbocycles. The van der Waals surface area contributed by atoms with Crippen LogP contribution >= 0.6 is 11.8 Å². The lowest BCUT2D eigenvalue weighted by molar-refractivity contribution is -0.117. The van der Waals surface area contributed by atoms with Crippen LogP contribution in [0.5, 0.6) is 0 Å². The zero-order valence-corrected chi connectivity index (χ0v) is 14.7. The van der Waals surface area contributed by atoms with Crippen molar-refractivity contribution in [3.05, 3.63) is 46.9 Å². The number of hydrogen-bond donors (Lipinski definition) is 0. The smallest absolute Gasteiger partial charge is 0.240 e. The Bertz CT molecular complexity index is 843. The molecule has 0 fully saturated rings. The highest BCUT2D eigenvalue weighted by atomic mass is 32.2. The first-order chi connectivity index (χ1) is 11.5. The molecule has 1 aromatic carbocycles. The number of hydrogen-bond acceptors (Lipinski definition) is 5. The monoisotopic (exact) mass is 338 g/mol. The van der Waals surface area contributed by atoms with Crippen LogP contribution < -0.4 is 4.90 Å². The number of carbonyl (C=O) groups excluding carboxylic acids is 1. The van der Waals surface area contributed by atoms with E-state index in [4.69, 9.17) is 0 Å². The molecule has 1 unspecified atom stereocenters. The summed E-state index contributed by atoms with van der Waals surface area (Å²) in [4.78, 5) is 23.3. The molecule has 0 spiro atoms.